The molecule has 2 aromatic carbocycles. The number of amides is 2. The molecule has 1 atom stereocenters. The Kier molecular flexibility index (Phi) is 6.47. The number of halogens is 1. The zero-order valence-corrected chi connectivity index (χ0v) is 17.9. The first-order valence-electron chi connectivity index (χ1n) is 9.80. The van der Waals surface area contributed by atoms with Crippen LogP contribution in [0.1, 0.15) is 32.0 Å². The molecule has 2 N–H and O–H groups in total. The summed E-state index contributed by atoms with van der Waals surface area (Å²) >= 11 is 7.57. The van der Waals surface area contributed by atoms with Crippen LogP contribution < -0.4 is 10.6 Å². The molecule has 1 saturated heterocycles. The molecule has 0 bridgehead atoms. The molecular weight excluding hydrogens is 418 g/mol. The van der Waals surface area contributed by atoms with Crippen LogP contribution in [0, 0.1) is 0 Å². The van der Waals surface area contributed by atoms with Gasteiger partial charge in [0.15, 0.2) is 0 Å². The fourth-order valence-electron chi connectivity index (χ4n) is 3.56. The largest absolute Gasteiger partial charge is 0.348 e. The molecule has 1 unspecified atom stereocenters. The van der Waals surface area contributed by atoms with Crippen molar-refractivity contribution >= 4 is 40.4 Å². The topological polar surface area (TPSA) is 61.4 Å². The van der Waals surface area contributed by atoms with Gasteiger partial charge in [0.2, 0.25) is 0 Å². The van der Waals surface area contributed by atoms with Crippen molar-refractivity contribution in [3.63, 3.8) is 0 Å². The van der Waals surface area contributed by atoms with Crippen LogP contribution in [0.25, 0.3) is 0 Å². The maximum atomic E-state index is 12.8. The molecule has 7 heteroatoms. The molecule has 4 rings (SSSR count). The van der Waals surface area contributed by atoms with Crippen LogP contribution in [-0.4, -0.2) is 35.8 Å². The van der Waals surface area contributed by atoms with Gasteiger partial charge in [-0.3, -0.25) is 14.5 Å². The lowest BCUT2D eigenvalue weighted by molar-refractivity contribution is 0.0936. The first-order chi connectivity index (χ1) is 14.6. The lowest BCUT2D eigenvalue weighted by atomic mass is 10.1. The van der Waals surface area contributed by atoms with Crippen molar-refractivity contribution in [1.82, 2.24) is 10.2 Å². The van der Waals surface area contributed by atoms with E-state index in [1.807, 2.05) is 29.6 Å². The lowest BCUT2D eigenvalue weighted by Gasteiger charge is -2.17. The van der Waals surface area contributed by atoms with E-state index in [1.54, 1.807) is 24.3 Å². The van der Waals surface area contributed by atoms with E-state index in [4.69, 9.17) is 11.6 Å². The van der Waals surface area contributed by atoms with Crippen LogP contribution >= 0.6 is 22.9 Å². The second-order valence-corrected chi connectivity index (χ2v) is 8.66. The summed E-state index contributed by atoms with van der Waals surface area (Å²) in [5.41, 5.74) is 2.18. The molecule has 1 aromatic heterocycles. The van der Waals surface area contributed by atoms with Gasteiger partial charge in [-0.05, 0) is 41.6 Å². The van der Waals surface area contributed by atoms with E-state index < -0.39 is 0 Å². The zero-order valence-electron chi connectivity index (χ0n) is 16.3. The highest BCUT2D eigenvalue weighted by Crippen LogP contribution is 2.25. The Morgan fingerprint density at radius 3 is 2.67 bits per heavy atom. The number of benzene rings is 2. The molecule has 0 spiro atoms. The summed E-state index contributed by atoms with van der Waals surface area (Å²) in [6, 6.07) is 18.9. The molecular formula is C23H22ClN3O2S. The third-order valence-electron chi connectivity index (χ3n) is 5.08. The maximum Gasteiger partial charge on any atom is 0.265 e. The number of hydrogen-bond donors (Lipinski definition) is 2. The molecule has 154 valence electrons. The Bertz CT molecular complexity index is 1020. The molecule has 1 aliphatic rings. The first kappa shape index (κ1) is 20.6. The van der Waals surface area contributed by atoms with Gasteiger partial charge in [-0.2, -0.15) is 0 Å². The van der Waals surface area contributed by atoms with Crippen LogP contribution in [0.4, 0.5) is 5.69 Å². The predicted molar refractivity (Wildman–Crippen MR) is 121 cm³/mol. The van der Waals surface area contributed by atoms with Gasteiger partial charge in [-0.1, -0.05) is 48.0 Å². The van der Waals surface area contributed by atoms with Gasteiger partial charge in [0.05, 0.1) is 15.6 Å². The van der Waals surface area contributed by atoms with Gasteiger partial charge in [0.1, 0.15) is 0 Å². The highest BCUT2D eigenvalue weighted by atomic mass is 35.5. The number of thiophene rings is 1. The highest BCUT2D eigenvalue weighted by Gasteiger charge is 2.24. The summed E-state index contributed by atoms with van der Waals surface area (Å²) in [7, 11) is 0. The Balaban J connectivity index is 1.36. The molecule has 5 nitrogen and oxygen atoms in total. The number of carbonyl (C=O) groups is 2. The van der Waals surface area contributed by atoms with Crippen LogP contribution in [0.15, 0.2) is 66.0 Å². The maximum absolute atomic E-state index is 12.8. The minimum absolute atomic E-state index is 0.0982. The van der Waals surface area contributed by atoms with Crippen molar-refractivity contribution in [2.75, 3.05) is 18.4 Å². The monoisotopic (exact) mass is 439 g/mol. The number of hydrogen-bond acceptors (Lipinski definition) is 4. The number of nitrogens with zero attached hydrogens (tertiary/aromatic N) is 1. The molecule has 1 aliphatic heterocycles. The molecule has 0 aliphatic carbocycles. The van der Waals surface area contributed by atoms with E-state index in [1.165, 1.54) is 16.9 Å². The van der Waals surface area contributed by atoms with E-state index in [0.717, 1.165) is 26.1 Å². The molecule has 3 aromatic rings. The summed E-state index contributed by atoms with van der Waals surface area (Å²) in [6.07, 6.45) is 0.911. The summed E-state index contributed by atoms with van der Waals surface area (Å²) in [4.78, 5) is 28.0. The average molecular weight is 440 g/mol. The molecule has 1 fully saturated rings. The fourth-order valence-corrected chi connectivity index (χ4v) is 4.34. The smallest absolute Gasteiger partial charge is 0.265 e. The van der Waals surface area contributed by atoms with Crippen molar-refractivity contribution in [2.45, 2.75) is 19.0 Å². The van der Waals surface area contributed by atoms with Crippen molar-refractivity contribution in [2.24, 2.45) is 0 Å². The van der Waals surface area contributed by atoms with Crippen molar-refractivity contribution in [3.05, 3.63) is 87.1 Å². The van der Waals surface area contributed by atoms with Gasteiger partial charge < -0.3 is 10.6 Å². The number of carbonyl (C=O) groups excluding carboxylic acids is 2. The highest BCUT2D eigenvalue weighted by molar-refractivity contribution is 7.12. The van der Waals surface area contributed by atoms with Gasteiger partial charge in [-0.15, -0.1) is 11.3 Å². The van der Waals surface area contributed by atoms with Gasteiger partial charge in [-0.25, -0.2) is 0 Å². The van der Waals surface area contributed by atoms with Crippen LogP contribution in [0.2, 0.25) is 5.02 Å². The standard InChI is InChI=1S/C23H22ClN3O2S/c24-19-9-8-17(13-20(19)26-23(29)21-7-4-12-30-21)22(28)25-18-10-11-27(15-18)14-16-5-2-1-3-6-16/h1-9,12-13,18H,10-11,14-15H2,(H,25,28)(H,26,29). The van der Waals surface area contributed by atoms with E-state index in [-0.39, 0.29) is 17.9 Å². The normalized spacial score (nSPS) is 16.4. The number of nitrogens with one attached hydrogen (secondary N) is 2. The van der Waals surface area contributed by atoms with Gasteiger partial charge >= 0.3 is 0 Å². The summed E-state index contributed by atoms with van der Waals surface area (Å²) in [5, 5.41) is 8.12. The van der Waals surface area contributed by atoms with E-state index >= 15 is 0 Å². The summed E-state index contributed by atoms with van der Waals surface area (Å²) in [6.45, 7) is 2.64. The Morgan fingerprint density at radius 1 is 1.07 bits per heavy atom. The Hall–Kier alpha value is -2.67. The molecule has 2 amide bonds. The third-order valence-corrected chi connectivity index (χ3v) is 6.28. The quantitative estimate of drug-likeness (QED) is 0.587. The van der Waals surface area contributed by atoms with Crippen LogP contribution in [0.3, 0.4) is 0 Å². The number of rotatable bonds is 6. The second-order valence-electron chi connectivity index (χ2n) is 7.31. The fraction of sp³-hybridized carbons (Fsp3) is 0.217. The van der Waals surface area contributed by atoms with Crippen LogP contribution in [-0.2, 0) is 6.54 Å². The van der Waals surface area contributed by atoms with Gasteiger partial charge in [0.25, 0.3) is 11.8 Å². The lowest BCUT2D eigenvalue weighted by Crippen LogP contribution is -2.37. The van der Waals surface area contributed by atoms with Crippen LogP contribution in [0.5, 0.6) is 0 Å². The first-order valence-corrected chi connectivity index (χ1v) is 11.1. The summed E-state index contributed by atoms with van der Waals surface area (Å²) in [5.74, 6) is -0.401. The van der Waals surface area contributed by atoms with Crippen molar-refractivity contribution < 1.29 is 9.59 Å². The Morgan fingerprint density at radius 2 is 1.90 bits per heavy atom. The SMILES string of the molecule is O=C(NC1CCN(Cc2ccccc2)C1)c1ccc(Cl)c(NC(=O)c2cccs2)c1. The minimum atomic E-state index is -0.239. The van der Waals surface area contributed by atoms with Crippen molar-refractivity contribution in [3.8, 4) is 0 Å². The number of anilines is 1. The van der Waals surface area contributed by atoms with E-state index in [0.29, 0.717) is 21.2 Å². The van der Waals surface area contributed by atoms with Gasteiger partial charge in [0, 0.05) is 31.2 Å². The zero-order chi connectivity index (χ0) is 20.9. The summed E-state index contributed by atoms with van der Waals surface area (Å²) < 4.78 is 0. The Labute approximate surface area is 184 Å². The third kappa shape index (κ3) is 5.08. The number of likely N-dealkylation sites (tertiary alicyclic amines) is 1. The van der Waals surface area contributed by atoms with E-state index in [2.05, 4.69) is 27.7 Å². The molecule has 30 heavy (non-hydrogen) atoms. The molecule has 0 radical (unpaired) electrons. The van der Waals surface area contributed by atoms with Crippen molar-refractivity contribution in [1.29, 1.82) is 0 Å². The molecule has 0 saturated carbocycles. The van der Waals surface area contributed by atoms with E-state index in [9.17, 15) is 9.59 Å². The second kappa shape index (κ2) is 9.43. The molecule has 2 heterocycles. The predicted octanol–water partition coefficient (Wildman–Crippen LogP) is 4.66. The minimum Gasteiger partial charge on any atom is -0.348 e. The average Bonchev–Trinajstić information content (AvgIpc) is 3.43.